The number of aliphatic imine (C=N–C) groups is 1. The van der Waals surface area contributed by atoms with E-state index in [0.29, 0.717) is 6.54 Å². The first-order chi connectivity index (χ1) is 13.0. The van der Waals surface area contributed by atoms with Crippen LogP contribution in [0.1, 0.15) is 65.2 Å². The molecule has 7 heteroatoms. The lowest BCUT2D eigenvalue weighted by Gasteiger charge is -2.33. The van der Waals surface area contributed by atoms with Gasteiger partial charge >= 0.3 is 0 Å². The molecular weight excluding hydrogens is 465 g/mol. The van der Waals surface area contributed by atoms with E-state index >= 15 is 0 Å². The van der Waals surface area contributed by atoms with Crippen LogP contribution in [0.5, 0.6) is 0 Å². The number of halogens is 1. The summed E-state index contributed by atoms with van der Waals surface area (Å²) in [5.74, 6) is 1.08. The Morgan fingerprint density at radius 2 is 1.89 bits per heavy atom. The molecule has 1 saturated carbocycles. The predicted molar refractivity (Wildman–Crippen MR) is 128 cm³/mol. The van der Waals surface area contributed by atoms with Crippen LogP contribution in [0.25, 0.3) is 0 Å². The molecule has 1 heterocycles. The van der Waals surface area contributed by atoms with E-state index in [9.17, 15) is 4.79 Å². The van der Waals surface area contributed by atoms with Crippen molar-refractivity contribution in [3.63, 3.8) is 0 Å². The highest BCUT2D eigenvalue weighted by atomic mass is 127. The molecule has 0 aromatic heterocycles. The lowest BCUT2D eigenvalue weighted by atomic mass is 9.85. The average molecular weight is 508 g/mol. The number of guanidine groups is 1. The molecule has 2 N–H and O–H groups in total. The van der Waals surface area contributed by atoms with E-state index in [1.165, 1.54) is 25.8 Å². The van der Waals surface area contributed by atoms with E-state index in [2.05, 4.69) is 29.4 Å². The van der Waals surface area contributed by atoms with E-state index in [0.717, 1.165) is 63.7 Å². The van der Waals surface area contributed by atoms with Crippen molar-refractivity contribution >= 4 is 35.8 Å². The van der Waals surface area contributed by atoms with Crippen LogP contribution in [0.4, 0.5) is 0 Å². The van der Waals surface area contributed by atoms with Crippen LogP contribution in [0.15, 0.2) is 4.99 Å². The minimum absolute atomic E-state index is 0. The Kier molecular flexibility index (Phi) is 11.7. The van der Waals surface area contributed by atoms with Crippen LogP contribution in [0.3, 0.4) is 0 Å². The molecule has 28 heavy (non-hydrogen) atoms. The first-order valence-corrected chi connectivity index (χ1v) is 11.0. The maximum absolute atomic E-state index is 12.7. The van der Waals surface area contributed by atoms with Gasteiger partial charge in [-0.25, -0.2) is 0 Å². The topological polar surface area (TPSA) is 60.0 Å². The summed E-state index contributed by atoms with van der Waals surface area (Å²) in [6.45, 7) is 9.17. The van der Waals surface area contributed by atoms with Gasteiger partial charge in [-0.1, -0.05) is 19.3 Å². The van der Waals surface area contributed by atoms with Crippen LogP contribution in [0, 0.1) is 5.41 Å². The Morgan fingerprint density at radius 1 is 1.18 bits per heavy atom. The van der Waals surface area contributed by atoms with Crippen LogP contribution in [-0.2, 0) is 4.79 Å². The zero-order valence-corrected chi connectivity index (χ0v) is 20.8. The quantitative estimate of drug-likeness (QED) is 0.230. The van der Waals surface area contributed by atoms with Crippen molar-refractivity contribution in [3.8, 4) is 0 Å². The van der Waals surface area contributed by atoms with Crippen molar-refractivity contribution in [1.29, 1.82) is 0 Å². The second kappa shape index (κ2) is 12.9. The molecule has 0 spiro atoms. The normalized spacial score (nSPS) is 22.4. The number of hydrogen-bond acceptors (Lipinski definition) is 3. The predicted octanol–water partition coefficient (Wildman–Crippen LogP) is 3.07. The molecular formula is C21H42IN5O. The van der Waals surface area contributed by atoms with Crippen LogP contribution < -0.4 is 10.6 Å². The minimum atomic E-state index is -0.297. The molecule has 0 radical (unpaired) electrons. The number of piperidine rings is 1. The Hall–Kier alpha value is -0.570. The zero-order valence-electron chi connectivity index (χ0n) is 18.4. The van der Waals surface area contributed by atoms with Crippen molar-refractivity contribution in [2.45, 2.75) is 71.3 Å². The third-order valence-electron chi connectivity index (χ3n) is 6.16. The van der Waals surface area contributed by atoms with Gasteiger partial charge in [0.1, 0.15) is 0 Å². The van der Waals surface area contributed by atoms with Gasteiger partial charge in [-0.05, 0) is 52.5 Å². The lowest BCUT2D eigenvalue weighted by molar-refractivity contribution is -0.138. The highest BCUT2D eigenvalue weighted by Crippen LogP contribution is 2.39. The highest BCUT2D eigenvalue weighted by molar-refractivity contribution is 14.0. The molecule has 2 fully saturated rings. The number of amides is 1. The fourth-order valence-corrected chi connectivity index (χ4v) is 4.52. The van der Waals surface area contributed by atoms with E-state index in [1.807, 2.05) is 14.1 Å². The molecule has 164 valence electrons. The molecule has 2 aliphatic rings. The van der Waals surface area contributed by atoms with Crippen LogP contribution in [0.2, 0.25) is 0 Å². The van der Waals surface area contributed by atoms with E-state index in [4.69, 9.17) is 4.99 Å². The van der Waals surface area contributed by atoms with Gasteiger partial charge in [0.2, 0.25) is 5.91 Å². The van der Waals surface area contributed by atoms with Gasteiger partial charge in [-0.3, -0.25) is 9.79 Å². The number of nitrogens with zero attached hydrogens (tertiary/aromatic N) is 3. The summed E-state index contributed by atoms with van der Waals surface area (Å²) in [6.07, 6.45) is 9.35. The average Bonchev–Trinajstić information content (AvgIpc) is 3.13. The Labute approximate surface area is 189 Å². The fraction of sp³-hybridized carbons (Fsp3) is 0.905. The summed E-state index contributed by atoms with van der Waals surface area (Å²) in [5, 5.41) is 6.81. The van der Waals surface area contributed by atoms with E-state index in [1.54, 1.807) is 4.90 Å². The summed E-state index contributed by atoms with van der Waals surface area (Å²) in [6, 6.07) is 0.722. The first kappa shape index (κ1) is 25.5. The molecule has 0 bridgehead atoms. The summed E-state index contributed by atoms with van der Waals surface area (Å²) < 4.78 is 0. The van der Waals surface area contributed by atoms with Crippen molar-refractivity contribution in [3.05, 3.63) is 0 Å². The van der Waals surface area contributed by atoms with Gasteiger partial charge < -0.3 is 20.4 Å². The molecule has 2 rings (SSSR count). The van der Waals surface area contributed by atoms with Crippen LogP contribution in [-0.4, -0.2) is 74.5 Å². The van der Waals surface area contributed by atoms with Gasteiger partial charge in [0.25, 0.3) is 0 Å². The maximum atomic E-state index is 12.7. The molecule has 1 aliphatic heterocycles. The smallest absolute Gasteiger partial charge is 0.230 e. The molecule has 0 aromatic rings. The molecule has 1 unspecified atom stereocenters. The largest absolute Gasteiger partial charge is 0.357 e. The van der Waals surface area contributed by atoms with Gasteiger partial charge in [0.15, 0.2) is 5.96 Å². The first-order valence-electron chi connectivity index (χ1n) is 11.0. The zero-order chi connectivity index (χ0) is 19.7. The standard InChI is InChI=1S/C21H41N5O.HI/c1-5-22-20(23-14-10-16-26-15-9-6-11-18(26)2)24-17-21(12-7-8-13-21)19(27)25(3)4;/h18H,5-17H2,1-4H3,(H2,22,23,24);1H. The summed E-state index contributed by atoms with van der Waals surface area (Å²) in [5.41, 5.74) is -0.297. The van der Waals surface area contributed by atoms with Crippen molar-refractivity contribution in [1.82, 2.24) is 20.4 Å². The van der Waals surface area contributed by atoms with Gasteiger partial charge in [-0.2, -0.15) is 0 Å². The summed E-state index contributed by atoms with van der Waals surface area (Å²) in [4.78, 5) is 21.9. The number of nitrogens with one attached hydrogen (secondary N) is 2. The third kappa shape index (κ3) is 7.35. The van der Waals surface area contributed by atoms with E-state index in [-0.39, 0.29) is 35.3 Å². The molecule has 0 aromatic carbocycles. The lowest BCUT2D eigenvalue weighted by Crippen LogP contribution is -2.43. The molecule has 1 atom stereocenters. The number of likely N-dealkylation sites (tertiary alicyclic amines) is 1. The van der Waals surface area contributed by atoms with E-state index < -0.39 is 0 Å². The number of carbonyl (C=O) groups is 1. The van der Waals surface area contributed by atoms with Crippen LogP contribution >= 0.6 is 24.0 Å². The second-order valence-corrected chi connectivity index (χ2v) is 8.54. The SMILES string of the molecule is CCNC(=NCC1(C(=O)N(C)C)CCCC1)NCCCN1CCCCC1C.I. The maximum Gasteiger partial charge on any atom is 0.230 e. The van der Waals surface area contributed by atoms with Crippen molar-refractivity contribution in [2.75, 3.05) is 46.8 Å². The highest BCUT2D eigenvalue weighted by Gasteiger charge is 2.42. The fourth-order valence-electron chi connectivity index (χ4n) is 4.52. The van der Waals surface area contributed by atoms with Gasteiger partial charge in [0, 0.05) is 39.8 Å². The van der Waals surface area contributed by atoms with Gasteiger partial charge in [0.05, 0.1) is 12.0 Å². The van der Waals surface area contributed by atoms with Crippen molar-refractivity contribution < 1.29 is 4.79 Å². The Bertz CT molecular complexity index is 491. The summed E-state index contributed by atoms with van der Waals surface area (Å²) >= 11 is 0. The number of carbonyl (C=O) groups excluding carboxylic acids is 1. The molecule has 6 nitrogen and oxygen atoms in total. The van der Waals surface area contributed by atoms with Crippen molar-refractivity contribution in [2.24, 2.45) is 10.4 Å². The number of hydrogen-bond donors (Lipinski definition) is 2. The molecule has 1 saturated heterocycles. The Morgan fingerprint density at radius 3 is 2.50 bits per heavy atom. The van der Waals surface area contributed by atoms with Gasteiger partial charge in [-0.15, -0.1) is 24.0 Å². The summed E-state index contributed by atoms with van der Waals surface area (Å²) in [7, 11) is 3.72. The Balaban J connectivity index is 0.00000392. The monoisotopic (exact) mass is 507 g/mol. The third-order valence-corrected chi connectivity index (χ3v) is 6.16. The minimum Gasteiger partial charge on any atom is -0.357 e. The second-order valence-electron chi connectivity index (χ2n) is 8.54. The molecule has 1 amide bonds. The number of rotatable bonds is 8. The molecule has 1 aliphatic carbocycles.